The van der Waals surface area contributed by atoms with Gasteiger partial charge >= 0.3 is 0 Å². The molecule has 0 heterocycles. The molecule has 0 bridgehead atoms. The molecule has 1 aliphatic carbocycles. The van der Waals surface area contributed by atoms with E-state index in [2.05, 4.69) is 27.3 Å². The Balaban J connectivity index is 2.07. The van der Waals surface area contributed by atoms with Crippen LogP contribution in [0.3, 0.4) is 0 Å². The molecule has 19 heavy (non-hydrogen) atoms. The van der Waals surface area contributed by atoms with Gasteiger partial charge in [-0.15, -0.1) is 0 Å². The summed E-state index contributed by atoms with van der Waals surface area (Å²) in [6.45, 7) is 0.423. The highest BCUT2D eigenvalue weighted by molar-refractivity contribution is 9.10. The van der Waals surface area contributed by atoms with Gasteiger partial charge in [0, 0.05) is 28.7 Å². The molecule has 1 N–H and O–H groups in total. The zero-order valence-corrected chi connectivity index (χ0v) is 11.9. The maximum absolute atomic E-state index is 11.0. The highest BCUT2D eigenvalue weighted by atomic mass is 79.9. The minimum Gasteiger partial charge on any atom is -0.308 e. The van der Waals surface area contributed by atoms with Crippen molar-refractivity contribution in [2.45, 2.75) is 31.8 Å². The van der Waals surface area contributed by atoms with E-state index in [1.807, 2.05) is 0 Å². The molecular weight excluding hydrogens is 310 g/mol. The molecule has 1 aromatic rings. The summed E-state index contributed by atoms with van der Waals surface area (Å²) in [4.78, 5) is 10.6. The fraction of sp³-hybridized carbons (Fsp3) is 0.462. The van der Waals surface area contributed by atoms with Crippen LogP contribution in [-0.2, 0) is 6.54 Å². The number of nitro groups is 1. The summed E-state index contributed by atoms with van der Waals surface area (Å²) < 4.78 is 0.693. The zero-order valence-electron chi connectivity index (χ0n) is 10.3. The van der Waals surface area contributed by atoms with Gasteiger partial charge in [-0.25, -0.2) is 0 Å². The van der Waals surface area contributed by atoms with Crippen LogP contribution in [0, 0.1) is 27.4 Å². The third-order valence-corrected chi connectivity index (χ3v) is 3.97. The molecule has 6 heteroatoms. The summed E-state index contributed by atoms with van der Waals surface area (Å²) in [5, 5.41) is 23.3. The van der Waals surface area contributed by atoms with E-state index in [0.717, 1.165) is 19.3 Å². The standard InChI is InChI=1S/C13H14BrN3O2/c14-11-5-4-10(13(6-11)17(18)19)8-16-12-3-1-2-9(12)7-15/h4-6,9,12,16H,1-3,8H2. The Hall–Kier alpha value is -1.45. The third-order valence-electron chi connectivity index (χ3n) is 3.48. The normalized spacial score (nSPS) is 22.1. The molecule has 2 atom stereocenters. The van der Waals surface area contributed by atoms with Gasteiger partial charge in [0.1, 0.15) is 0 Å². The lowest BCUT2D eigenvalue weighted by atomic mass is 10.1. The number of halogens is 1. The van der Waals surface area contributed by atoms with Crippen molar-refractivity contribution in [2.75, 3.05) is 0 Å². The van der Waals surface area contributed by atoms with Crippen LogP contribution >= 0.6 is 15.9 Å². The number of nitriles is 1. The first-order chi connectivity index (χ1) is 9.11. The monoisotopic (exact) mass is 323 g/mol. The Labute approximate surface area is 119 Å². The van der Waals surface area contributed by atoms with Gasteiger partial charge in [0.2, 0.25) is 0 Å². The summed E-state index contributed by atoms with van der Waals surface area (Å²) in [6, 6.07) is 7.48. The van der Waals surface area contributed by atoms with Crippen LogP contribution in [0.2, 0.25) is 0 Å². The van der Waals surface area contributed by atoms with Crippen LogP contribution in [0.4, 0.5) is 5.69 Å². The number of nitrogens with one attached hydrogen (secondary N) is 1. The van der Waals surface area contributed by atoms with E-state index in [0.29, 0.717) is 16.6 Å². The van der Waals surface area contributed by atoms with Crippen LogP contribution < -0.4 is 5.32 Å². The molecule has 5 nitrogen and oxygen atoms in total. The van der Waals surface area contributed by atoms with Gasteiger partial charge in [0.15, 0.2) is 0 Å². The van der Waals surface area contributed by atoms with E-state index in [9.17, 15) is 10.1 Å². The van der Waals surface area contributed by atoms with Crippen LogP contribution in [0.15, 0.2) is 22.7 Å². The smallest absolute Gasteiger partial charge is 0.275 e. The number of hydrogen-bond donors (Lipinski definition) is 1. The average molecular weight is 324 g/mol. The number of nitrogens with zero attached hydrogens (tertiary/aromatic N) is 2. The molecule has 0 radical (unpaired) electrons. The maximum atomic E-state index is 11.0. The van der Waals surface area contributed by atoms with Gasteiger partial charge in [0.05, 0.1) is 16.9 Å². The Morgan fingerprint density at radius 2 is 2.32 bits per heavy atom. The Kier molecular flexibility index (Phi) is 4.51. The molecule has 0 amide bonds. The largest absolute Gasteiger partial charge is 0.308 e. The van der Waals surface area contributed by atoms with Gasteiger partial charge in [-0.05, 0) is 25.0 Å². The van der Waals surface area contributed by atoms with Crippen molar-refractivity contribution in [3.8, 4) is 6.07 Å². The van der Waals surface area contributed by atoms with Gasteiger partial charge in [-0.3, -0.25) is 10.1 Å². The fourth-order valence-corrected chi connectivity index (χ4v) is 2.81. The summed E-state index contributed by atoms with van der Waals surface area (Å²) in [5.74, 6) is 0.0227. The fourth-order valence-electron chi connectivity index (χ4n) is 2.46. The van der Waals surface area contributed by atoms with Crippen LogP contribution in [0.5, 0.6) is 0 Å². The Bertz CT molecular complexity index is 527. The molecule has 2 unspecified atom stereocenters. The minimum atomic E-state index is -0.377. The quantitative estimate of drug-likeness (QED) is 0.682. The van der Waals surface area contributed by atoms with Gasteiger partial charge in [-0.2, -0.15) is 5.26 Å². The lowest BCUT2D eigenvalue weighted by Crippen LogP contribution is -2.31. The molecule has 0 saturated heterocycles. The van der Waals surface area contributed by atoms with Crippen molar-refractivity contribution in [3.63, 3.8) is 0 Å². The third kappa shape index (κ3) is 3.31. The molecule has 0 spiro atoms. The second-order valence-electron chi connectivity index (χ2n) is 4.68. The van der Waals surface area contributed by atoms with Crippen molar-refractivity contribution in [1.82, 2.24) is 5.32 Å². The van der Waals surface area contributed by atoms with Gasteiger partial charge in [0.25, 0.3) is 5.69 Å². The molecule has 1 saturated carbocycles. The van der Waals surface area contributed by atoms with Gasteiger partial charge in [-0.1, -0.05) is 22.4 Å². The topological polar surface area (TPSA) is 79.0 Å². The average Bonchev–Trinajstić information content (AvgIpc) is 2.84. The number of rotatable bonds is 4. The minimum absolute atomic E-state index is 0.0227. The first kappa shape index (κ1) is 14.0. The number of benzene rings is 1. The molecule has 2 rings (SSSR count). The summed E-state index contributed by atoms with van der Waals surface area (Å²) >= 11 is 3.23. The molecule has 1 fully saturated rings. The molecule has 0 aromatic heterocycles. The Morgan fingerprint density at radius 1 is 1.53 bits per heavy atom. The Morgan fingerprint density at radius 3 is 3.00 bits per heavy atom. The second-order valence-corrected chi connectivity index (χ2v) is 5.60. The zero-order chi connectivity index (χ0) is 13.8. The van der Waals surface area contributed by atoms with E-state index >= 15 is 0 Å². The molecule has 1 aliphatic rings. The predicted molar refractivity (Wildman–Crippen MR) is 74.4 cm³/mol. The molecular formula is C13H14BrN3O2. The number of hydrogen-bond acceptors (Lipinski definition) is 4. The number of nitro benzene ring substituents is 1. The predicted octanol–water partition coefficient (Wildman–Crippen LogP) is 3.14. The van der Waals surface area contributed by atoms with Crippen molar-refractivity contribution in [1.29, 1.82) is 5.26 Å². The van der Waals surface area contributed by atoms with E-state index in [1.165, 1.54) is 6.07 Å². The van der Waals surface area contributed by atoms with E-state index < -0.39 is 0 Å². The van der Waals surface area contributed by atoms with Crippen molar-refractivity contribution in [3.05, 3.63) is 38.3 Å². The summed E-state index contributed by atoms with van der Waals surface area (Å²) in [6.07, 6.45) is 2.91. The van der Waals surface area contributed by atoms with E-state index in [4.69, 9.17) is 5.26 Å². The van der Waals surface area contributed by atoms with Crippen molar-refractivity contribution < 1.29 is 4.92 Å². The lowest BCUT2D eigenvalue weighted by molar-refractivity contribution is -0.385. The van der Waals surface area contributed by atoms with Gasteiger partial charge < -0.3 is 5.32 Å². The molecule has 0 aliphatic heterocycles. The maximum Gasteiger partial charge on any atom is 0.275 e. The second kappa shape index (κ2) is 6.13. The first-order valence-corrected chi connectivity index (χ1v) is 6.97. The SMILES string of the molecule is N#CC1CCCC1NCc1ccc(Br)cc1[N+](=O)[O-]. The van der Waals surface area contributed by atoms with Crippen LogP contribution in [-0.4, -0.2) is 11.0 Å². The van der Waals surface area contributed by atoms with Crippen molar-refractivity contribution >= 4 is 21.6 Å². The van der Waals surface area contributed by atoms with Crippen LogP contribution in [0.25, 0.3) is 0 Å². The molecule has 1 aromatic carbocycles. The van der Waals surface area contributed by atoms with E-state index in [-0.39, 0.29) is 22.6 Å². The highest BCUT2D eigenvalue weighted by Crippen LogP contribution is 2.27. The van der Waals surface area contributed by atoms with Crippen molar-refractivity contribution in [2.24, 2.45) is 5.92 Å². The first-order valence-electron chi connectivity index (χ1n) is 6.17. The van der Waals surface area contributed by atoms with E-state index in [1.54, 1.807) is 12.1 Å². The summed E-state index contributed by atoms with van der Waals surface area (Å²) in [5.41, 5.74) is 0.755. The summed E-state index contributed by atoms with van der Waals surface area (Å²) in [7, 11) is 0. The van der Waals surface area contributed by atoms with Crippen LogP contribution in [0.1, 0.15) is 24.8 Å². The molecule has 100 valence electrons. The highest BCUT2D eigenvalue weighted by Gasteiger charge is 2.27. The lowest BCUT2D eigenvalue weighted by Gasteiger charge is -2.15.